The van der Waals surface area contributed by atoms with Crippen molar-refractivity contribution in [3.63, 3.8) is 0 Å². The average molecular weight is 369 g/mol. The molecule has 2 heterocycles. The lowest BCUT2D eigenvalue weighted by molar-refractivity contribution is -0.384. The van der Waals surface area contributed by atoms with Crippen molar-refractivity contribution in [3.05, 3.63) is 69.8 Å². The van der Waals surface area contributed by atoms with Crippen LogP contribution in [0.2, 0.25) is 0 Å². The summed E-state index contributed by atoms with van der Waals surface area (Å²) in [7, 11) is 0. The molecule has 1 aromatic heterocycles. The predicted molar refractivity (Wildman–Crippen MR) is 97.7 cm³/mol. The van der Waals surface area contributed by atoms with Crippen molar-refractivity contribution < 1.29 is 18.9 Å². The summed E-state index contributed by atoms with van der Waals surface area (Å²) in [6.07, 6.45) is 5.90. The van der Waals surface area contributed by atoms with E-state index in [1.807, 2.05) is 0 Å². The van der Waals surface area contributed by atoms with Gasteiger partial charge in [0.2, 0.25) is 0 Å². The van der Waals surface area contributed by atoms with Gasteiger partial charge in [0.25, 0.3) is 17.5 Å². The molecule has 0 radical (unpaired) electrons. The number of nitro benzene ring substituents is 1. The van der Waals surface area contributed by atoms with Crippen LogP contribution in [-0.2, 0) is 4.79 Å². The number of carbonyl (C=O) groups is 2. The number of hydrogen-bond donors (Lipinski definition) is 1. The summed E-state index contributed by atoms with van der Waals surface area (Å²) in [6.45, 7) is 1.28. The largest absolute Gasteiger partial charge is 0.465 e. The zero-order valence-electron chi connectivity index (χ0n) is 14.6. The molecule has 0 saturated carbocycles. The van der Waals surface area contributed by atoms with E-state index in [1.54, 1.807) is 17.0 Å². The fourth-order valence-electron chi connectivity index (χ4n) is 2.86. The molecule has 1 saturated heterocycles. The number of non-ortho nitro benzene ring substituents is 1. The summed E-state index contributed by atoms with van der Waals surface area (Å²) in [4.78, 5) is 37.3. The lowest BCUT2D eigenvalue weighted by Gasteiger charge is -2.27. The molecule has 2 aromatic rings. The Balaban J connectivity index is 1.81. The second kappa shape index (κ2) is 8.31. The van der Waals surface area contributed by atoms with Crippen LogP contribution in [0.15, 0.2) is 52.8 Å². The van der Waals surface area contributed by atoms with Gasteiger partial charge in [-0.3, -0.25) is 19.7 Å². The molecule has 3 rings (SSSR count). The molecule has 1 N–H and O–H groups in total. The van der Waals surface area contributed by atoms with E-state index in [4.69, 9.17) is 4.42 Å². The Morgan fingerprint density at radius 2 is 1.81 bits per heavy atom. The minimum absolute atomic E-state index is 0.107. The van der Waals surface area contributed by atoms with Crippen LogP contribution in [0.5, 0.6) is 0 Å². The first kappa shape index (κ1) is 18.4. The third-order valence-electron chi connectivity index (χ3n) is 4.29. The first-order valence-corrected chi connectivity index (χ1v) is 8.65. The number of piperidine rings is 1. The smallest absolute Gasteiger partial charge is 0.270 e. The van der Waals surface area contributed by atoms with Gasteiger partial charge < -0.3 is 14.6 Å². The zero-order chi connectivity index (χ0) is 19.2. The van der Waals surface area contributed by atoms with Crippen molar-refractivity contribution in [2.75, 3.05) is 13.1 Å². The summed E-state index contributed by atoms with van der Waals surface area (Å²) >= 11 is 0. The molecule has 0 aliphatic carbocycles. The van der Waals surface area contributed by atoms with Crippen molar-refractivity contribution in [2.24, 2.45) is 0 Å². The van der Waals surface area contributed by atoms with Crippen LogP contribution >= 0.6 is 0 Å². The van der Waals surface area contributed by atoms with Gasteiger partial charge in [-0.1, -0.05) is 0 Å². The number of rotatable bonds is 5. The maximum atomic E-state index is 12.8. The highest BCUT2D eigenvalue weighted by Gasteiger charge is 2.23. The third kappa shape index (κ3) is 4.60. The average Bonchev–Trinajstić information content (AvgIpc) is 3.20. The third-order valence-corrected chi connectivity index (χ3v) is 4.29. The molecule has 8 heteroatoms. The molecule has 1 aliphatic heterocycles. The topological polar surface area (TPSA) is 106 Å². The Bertz CT molecular complexity index is 850. The van der Waals surface area contributed by atoms with Crippen LogP contribution in [0.3, 0.4) is 0 Å². The summed E-state index contributed by atoms with van der Waals surface area (Å²) < 4.78 is 5.26. The summed E-state index contributed by atoms with van der Waals surface area (Å²) in [5.41, 5.74) is 0.217. The van der Waals surface area contributed by atoms with Crippen LogP contribution in [0.4, 0.5) is 5.69 Å². The highest BCUT2D eigenvalue weighted by molar-refractivity contribution is 6.05. The molecule has 27 heavy (non-hydrogen) atoms. The molecule has 0 atom stereocenters. The van der Waals surface area contributed by atoms with E-state index >= 15 is 0 Å². The minimum atomic E-state index is -0.538. The van der Waals surface area contributed by atoms with Gasteiger partial charge in [-0.25, -0.2) is 0 Å². The Kier molecular flexibility index (Phi) is 5.65. The molecule has 8 nitrogen and oxygen atoms in total. The normalized spacial score (nSPS) is 14.7. The van der Waals surface area contributed by atoms with Crippen molar-refractivity contribution in [3.8, 4) is 0 Å². The van der Waals surface area contributed by atoms with Crippen LogP contribution < -0.4 is 5.32 Å². The van der Waals surface area contributed by atoms with Crippen molar-refractivity contribution >= 4 is 23.6 Å². The molecule has 1 aliphatic rings. The molecule has 1 fully saturated rings. The van der Waals surface area contributed by atoms with Gasteiger partial charge in [-0.15, -0.1) is 0 Å². The van der Waals surface area contributed by atoms with Crippen LogP contribution in [0, 0.1) is 10.1 Å². The number of nitrogens with one attached hydrogen (secondary N) is 1. The van der Waals surface area contributed by atoms with Crippen molar-refractivity contribution in [1.29, 1.82) is 0 Å². The monoisotopic (exact) mass is 369 g/mol. The molecule has 1 aromatic carbocycles. The molecule has 2 amide bonds. The number of carbonyl (C=O) groups excluding carboxylic acids is 2. The number of benzene rings is 1. The van der Waals surface area contributed by atoms with Gasteiger partial charge in [-0.2, -0.15) is 0 Å². The van der Waals surface area contributed by atoms with E-state index in [0.717, 1.165) is 19.3 Å². The van der Waals surface area contributed by atoms with Crippen LogP contribution in [-0.4, -0.2) is 34.7 Å². The Hall–Kier alpha value is -3.42. The molecule has 0 unspecified atom stereocenters. The summed E-state index contributed by atoms with van der Waals surface area (Å²) in [5, 5.41) is 13.4. The number of likely N-dealkylation sites (tertiary alicyclic amines) is 1. The quantitative estimate of drug-likeness (QED) is 0.495. The molecule has 0 bridgehead atoms. The van der Waals surface area contributed by atoms with E-state index in [0.29, 0.717) is 18.8 Å². The number of nitro groups is 1. The fraction of sp³-hybridized carbons (Fsp3) is 0.263. The maximum absolute atomic E-state index is 12.8. The van der Waals surface area contributed by atoms with E-state index in [2.05, 4.69) is 5.32 Å². The SMILES string of the molecule is O=C(N/C(=C/c1ccco1)C(=O)N1CCCCC1)c1ccc([N+](=O)[O-])cc1. The number of furan rings is 1. The van der Waals surface area contributed by atoms with Gasteiger partial charge >= 0.3 is 0 Å². The lowest BCUT2D eigenvalue weighted by atomic mass is 10.1. The Labute approximate surface area is 155 Å². The van der Waals surface area contributed by atoms with Gasteiger partial charge in [0.05, 0.1) is 11.2 Å². The van der Waals surface area contributed by atoms with Crippen LogP contribution in [0.1, 0.15) is 35.4 Å². The van der Waals surface area contributed by atoms with E-state index in [1.165, 1.54) is 36.6 Å². The molecule has 0 spiro atoms. The number of hydrogen-bond acceptors (Lipinski definition) is 5. The first-order chi connectivity index (χ1) is 13.0. The minimum Gasteiger partial charge on any atom is -0.465 e. The number of nitrogens with zero attached hydrogens (tertiary/aromatic N) is 2. The van der Waals surface area contributed by atoms with Gasteiger partial charge in [-0.05, 0) is 43.5 Å². The zero-order valence-corrected chi connectivity index (χ0v) is 14.6. The second-order valence-corrected chi connectivity index (χ2v) is 6.18. The molecule has 140 valence electrons. The van der Waals surface area contributed by atoms with Gasteiger partial charge in [0.1, 0.15) is 11.5 Å². The fourth-order valence-corrected chi connectivity index (χ4v) is 2.86. The van der Waals surface area contributed by atoms with Gasteiger partial charge in [0, 0.05) is 36.9 Å². The Morgan fingerprint density at radius 1 is 1.11 bits per heavy atom. The van der Waals surface area contributed by atoms with E-state index < -0.39 is 10.8 Å². The first-order valence-electron chi connectivity index (χ1n) is 8.65. The standard InChI is InChI=1S/C19H19N3O5/c23-18(14-6-8-15(9-7-14)22(25)26)20-17(13-16-5-4-12-27-16)19(24)21-10-2-1-3-11-21/h4-9,12-13H,1-3,10-11H2,(H,20,23)/b17-13+. The van der Waals surface area contributed by atoms with Crippen LogP contribution in [0.25, 0.3) is 6.08 Å². The molecular formula is C19H19N3O5. The molecular weight excluding hydrogens is 350 g/mol. The summed E-state index contributed by atoms with van der Waals surface area (Å²) in [5.74, 6) is -0.353. The number of amides is 2. The highest BCUT2D eigenvalue weighted by atomic mass is 16.6. The van der Waals surface area contributed by atoms with E-state index in [9.17, 15) is 19.7 Å². The van der Waals surface area contributed by atoms with Gasteiger partial charge in [0.15, 0.2) is 0 Å². The second-order valence-electron chi connectivity index (χ2n) is 6.18. The van der Waals surface area contributed by atoms with E-state index in [-0.39, 0.29) is 22.9 Å². The van der Waals surface area contributed by atoms with Crippen molar-refractivity contribution in [2.45, 2.75) is 19.3 Å². The Morgan fingerprint density at radius 3 is 2.41 bits per heavy atom. The lowest BCUT2D eigenvalue weighted by Crippen LogP contribution is -2.41. The van der Waals surface area contributed by atoms with Crippen molar-refractivity contribution in [1.82, 2.24) is 10.2 Å². The maximum Gasteiger partial charge on any atom is 0.270 e. The highest BCUT2D eigenvalue weighted by Crippen LogP contribution is 2.16. The summed E-state index contributed by atoms with van der Waals surface area (Å²) in [6, 6.07) is 8.57. The predicted octanol–water partition coefficient (Wildman–Crippen LogP) is 2.97.